The molecule has 21 heavy (non-hydrogen) atoms. The Morgan fingerprint density at radius 3 is 2.57 bits per heavy atom. The fraction of sp³-hybridized carbons (Fsp3) is 0.467. The quantitative estimate of drug-likeness (QED) is 0.898. The van der Waals surface area contributed by atoms with Crippen molar-refractivity contribution in [2.45, 2.75) is 38.1 Å². The zero-order chi connectivity index (χ0) is 15.4. The molecule has 2 N–H and O–H groups in total. The van der Waals surface area contributed by atoms with Crippen molar-refractivity contribution in [1.29, 1.82) is 0 Å². The number of aromatic carboxylic acids is 1. The molecule has 1 fully saturated rings. The van der Waals surface area contributed by atoms with Crippen molar-refractivity contribution >= 4 is 17.7 Å². The molecule has 0 radical (unpaired) electrons. The van der Waals surface area contributed by atoms with Gasteiger partial charge in [0.25, 0.3) is 0 Å². The molecule has 0 unspecified atom stereocenters. The average molecular weight is 294 g/mol. The number of anilines is 1. The van der Waals surface area contributed by atoms with Crippen LogP contribution in [0.15, 0.2) is 18.2 Å². The number of carbonyl (C=O) groups is 2. The number of carboxylic acid groups (broad SMARTS) is 1. The van der Waals surface area contributed by atoms with Crippen LogP contribution >= 0.6 is 0 Å². The molecule has 0 bridgehead atoms. The highest BCUT2D eigenvalue weighted by Crippen LogP contribution is 2.23. The van der Waals surface area contributed by atoms with E-state index in [1.54, 1.807) is 11.9 Å². The lowest BCUT2D eigenvalue weighted by atomic mass is 9.95. The van der Waals surface area contributed by atoms with Crippen LogP contribution in [0.2, 0.25) is 0 Å². The molecule has 0 aromatic heterocycles. The fourth-order valence-corrected chi connectivity index (χ4v) is 2.64. The van der Waals surface area contributed by atoms with Gasteiger partial charge in [0.15, 0.2) is 0 Å². The van der Waals surface area contributed by atoms with Crippen LogP contribution in [0.5, 0.6) is 0 Å². The molecule has 5 nitrogen and oxygen atoms in total. The van der Waals surface area contributed by atoms with Gasteiger partial charge in [0.1, 0.15) is 5.82 Å². The van der Waals surface area contributed by atoms with Gasteiger partial charge in [-0.05, 0) is 31.0 Å². The van der Waals surface area contributed by atoms with Crippen LogP contribution in [-0.4, -0.2) is 35.1 Å². The first kappa shape index (κ1) is 15.3. The molecule has 1 saturated carbocycles. The number of hydrogen-bond acceptors (Lipinski definition) is 2. The lowest BCUT2D eigenvalue weighted by Crippen LogP contribution is -2.41. The Labute approximate surface area is 122 Å². The Hall–Kier alpha value is -2.11. The number of benzene rings is 1. The number of nitrogens with one attached hydrogen (secondary N) is 1. The molecule has 0 spiro atoms. The van der Waals surface area contributed by atoms with E-state index in [1.165, 1.54) is 6.42 Å². The van der Waals surface area contributed by atoms with Gasteiger partial charge in [-0.25, -0.2) is 14.0 Å². The number of rotatable bonds is 3. The molecule has 6 heteroatoms. The molecule has 0 heterocycles. The Morgan fingerprint density at radius 2 is 1.95 bits per heavy atom. The molecular weight excluding hydrogens is 275 g/mol. The van der Waals surface area contributed by atoms with E-state index in [-0.39, 0.29) is 17.3 Å². The fourth-order valence-electron chi connectivity index (χ4n) is 2.64. The average Bonchev–Trinajstić information content (AvgIpc) is 2.47. The van der Waals surface area contributed by atoms with Crippen LogP contribution in [0.3, 0.4) is 0 Å². The highest BCUT2D eigenvalue weighted by atomic mass is 19.1. The summed E-state index contributed by atoms with van der Waals surface area (Å²) in [6.07, 6.45) is 5.24. The van der Waals surface area contributed by atoms with Gasteiger partial charge >= 0.3 is 12.0 Å². The lowest BCUT2D eigenvalue weighted by molar-refractivity contribution is 0.0698. The molecule has 0 saturated heterocycles. The molecule has 0 aliphatic heterocycles. The number of hydrogen-bond donors (Lipinski definition) is 2. The minimum absolute atomic E-state index is 0.0184. The van der Waals surface area contributed by atoms with E-state index in [2.05, 4.69) is 5.32 Å². The predicted octanol–water partition coefficient (Wildman–Crippen LogP) is 3.32. The Kier molecular flexibility index (Phi) is 4.77. The normalized spacial score (nSPS) is 15.5. The van der Waals surface area contributed by atoms with E-state index in [0.717, 1.165) is 43.9 Å². The van der Waals surface area contributed by atoms with Gasteiger partial charge < -0.3 is 15.3 Å². The zero-order valence-electron chi connectivity index (χ0n) is 11.9. The minimum atomic E-state index is -1.20. The maximum Gasteiger partial charge on any atom is 0.337 e. The van der Waals surface area contributed by atoms with Crippen molar-refractivity contribution in [2.24, 2.45) is 0 Å². The van der Waals surface area contributed by atoms with Crippen LogP contribution in [0, 0.1) is 5.82 Å². The molecule has 1 aliphatic carbocycles. The van der Waals surface area contributed by atoms with Gasteiger partial charge in [-0.3, -0.25) is 0 Å². The SMILES string of the molecule is CN(C(=O)Nc1cc(F)ccc1C(=O)O)C1CCCCC1. The van der Waals surface area contributed by atoms with Gasteiger partial charge in [-0.2, -0.15) is 0 Å². The van der Waals surface area contributed by atoms with Crippen molar-refractivity contribution < 1.29 is 19.1 Å². The van der Waals surface area contributed by atoms with E-state index in [1.807, 2.05) is 0 Å². The van der Waals surface area contributed by atoms with Crippen molar-refractivity contribution in [3.63, 3.8) is 0 Å². The maximum atomic E-state index is 13.3. The number of halogens is 1. The van der Waals surface area contributed by atoms with Gasteiger partial charge in [0.05, 0.1) is 11.3 Å². The molecule has 1 aromatic rings. The Balaban J connectivity index is 2.11. The topological polar surface area (TPSA) is 69.6 Å². The van der Waals surface area contributed by atoms with Crippen LogP contribution < -0.4 is 5.32 Å². The Morgan fingerprint density at radius 1 is 1.29 bits per heavy atom. The molecule has 1 aromatic carbocycles. The van der Waals surface area contributed by atoms with E-state index in [4.69, 9.17) is 5.11 Å². The summed E-state index contributed by atoms with van der Waals surface area (Å²) in [5.74, 6) is -1.79. The van der Waals surface area contributed by atoms with E-state index < -0.39 is 17.8 Å². The molecule has 2 amide bonds. The second-order valence-electron chi connectivity index (χ2n) is 5.33. The molecule has 1 aliphatic rings. The molecule has 0 atom stereocenters. The molecule has 2 rings (SSSR count). The number of amides is 2. The van der Waals surface area contributed by atoms with E-state index in [0.29, 0.717) is 0 Å². The predicted molar refractivity (Wildman–Crippen MR) is 77.0 cm³/mol. The summed E-state index contributed by atoms with van der Waals surface area (Å²) < 4.78 is 13.3. The first-order valence-corrected chi connectivity index (χ1v) is 7.05. The highest BCUT2D eigenvalue weighted by molar-refractivity contribution is 6.00. The third-order valence-corrected chi connectivity index (χ3v) is 3.90. The zero-order valence-corrected chi connectivity index (χ0v) is 11.9. The third kappa shape index (κ3) is 3.71. The number of carboxylic acids is 1. The van der Waals surface area contributed by atoms with Crippen LogP contribution in [0.4, 0.5) is 14.9 Å². The summed E-state index contributed by atoms with van der Waals surface area (Å²) in [5.41, 5.74) is -0.142. The van der Waals surface area contributed by atoms with Crippen LogP contribution in [-0.2, 0) is 0 Å². The first-order valence-electron chi connectivity index (χ1n) is 7.05. The van der Waals surface area contributed by atoms with Gasteiger partial charge in [0.2, 0.25) is 0 Å². The van der Waals surface area contributed by atoms with Crippen molar-refractivity contribution in [3.8, 4) is 0 Å². The monoisotopic (exact) mass is 294 g/mol. The standard InChI is InChI=1S/C15H19FN2O3/c1-18(11-5-3-2-4-6-11)15(21)17-13-9-10(16)7-8-12(13)14(19)20/h7-9,11H,2-6H2,1H3,(H,17,21)(H,19,20). The highest BCUT2D eigenvalue weighted by Gasteiger charge is 2.23. The Bertz CT molecular complexity index is 542. The van der Waals surface area contributed by atoms with Gasteiger partial charge in [-0.15, -0.1) is 0 Å². The number of carbonyl (C=O) groups excluding carboxylic acids is 1. The van der Waals surface area contributed by atoms with Crippen LogP contribution in [0.1, 0.15) is 42.5 Å². The van der Waals surface area contributed by atoms with Gasteiger partial charge in [-0.1, -0.05) is 19.3 Å². The van der Waals surface area contributed by atoms with Crippen molar-refractivity contribution in [1.82, 2.24) is 4.90 Å². The maximum absolute atomic E-state index is 13.3. The van der Waals surface area contributed by atoms with E-state index >= 15 is 0 Å². The largest absolute Gasteiger partial charge is 0.478 e. The second-order valence-corrected chi connectivity index (χ2v) is 5.33. The summed E-state index contributed by atoms with van der Waals surface area (Å²) in [6, 6.07) is 2.98. The van der Waals surface area contributed by atoms with Crippen molar-refractivity contribution in [3.05, 3.63) is 29.6 Å². The smallest absolute Gasteiger partial charge is 0.337 e. The van der Waals surface area contributed by atoms with Crippen molar-refractivity contribution in [2.75, 3.05) is 12.4 Å². The summed E-state index contributed by atoms with van der Waals surface area (Å²) >= 11 is 0. The molecular formula is C15H19FN2O3. The third-order valence-electron chi connectivity index (χ3n) is 3.90. The second kappa shape index (κ2) is 6.56. The van der Waals surface area contributed by atoms with E-state index in [9.17, 15) is 14.0 Å². The summed E-state index contributed by atoms with van der Waals surface area (Å²) in [7, 11) is 1.69. The van der Waals surface area contributed by atoms with Gasteiger partial charge in [0, 0.05) is 13.1 Å². The molecule has 114 valence electrons. The number of nitrogens with zero attached hydrogens (tertiary/aromatic N) is 1. The minimum Gasteiger partial charge on any atom is -0.478 e. The summed E-state index contributed by atoms with van der Waals surface area (Å²) in [6.45, 7) is 0. The first-order chi connectivity index (χ1) is 9.99. The summed E-state index contributed by atoms with van der Waals surface area (Å²) in [5, 5.41) is 11.6. The summed E-state index contributed by atoms with van der Waals surface area (Å²) in [4.78, 5) is 24.9. The lowest BCUT2D eigenvalue weighted by Gasteiger charge is -2.31. The van der Waals surface area contributed by atoms with Crippen LogP contribution in [0.25, 0.3) is 0 Å². The number of urea groups is 1.